The van der Waals surface area contributed by atoms with Gasteiger partial charge in [-0.05, 0) is 18.4 Å². The maximum Gasteiger partial charge on any atom is 0.139 e. The zero-order valence-electron chi connectivity index (χ0n) is 10.6. The lowest BCUT2D eigenvalue weighted by Crippen LogP contribution is -2.54. The highest BCUT2D eigenvalue weighted by Crippen LogP contribution is 2.45. The Hall–Kier alpha value is -1.41. The zero-order chi connectivity index (χ0) is 12.5. The Morgan fingerprint density at radius 1 is 1.28 bits per heavy atom. The van der Waals surface area contributed by atoms with Crippen molar-refractivity contribution in [2.75, 3.05) is 6.54 Å². The van der Waals surface area contributed by atoms with E-state index in [0.717, 1.165) is 25.8 Å². The van der Waals surface area contributed by atoms with E-state index in [1.54, 1.807) is 0 Å². The quantitative estimate of drug-likeness (QED) is 0.758. The summed E-state index contributed by atoms with van der Waals surface area (Å²) in [5.41, 5.74) is 1.28. The molecule has 1 saturated carbocycles. The molecule has 0 amide bonds. The van der Waals surface area contributed by atoms with Crippen LogP contribution in [0.4, 0.5) is 0 Å². The summed E-state index contributed by atoms with van der Waals surface area (Å²) < 4.78 is 0. The van der Waals surface area contributed by atoms with E-state index >= 15 is 0 Å². The van der Waals surface area contributed by atoms with Gasteiger partial charge in [0.15, 0.2) is 0 Å². The third-order valence-electron chi connectivity index (χ3n) is 4.35. The molecule has 0 spiro atoms. The van der Waals surface area contributed by atoms with Crippen molar-refractivity contribution in [3.63, 3.8) is 0 Å². The molecule has 2 saturated heterocycles. The topological polar surface area (TPSA) is 20.3 Å². The molecule has 0 unspecified atom stereocenters. The molecule has 0 N–H and O–H groups in total. The van der Waals surface area contributed by atoms with E-state index in [9.17, 15) is 4.79 Å². The van der Waals surface area contributed by atoms with Crippen molar-refractivity contribution in [1.29, 1.82) is 0 Å². The van der Waals surface area contributed by atoms with Gasteiger partial charge in [0.25, 0.3) is 0 Å². The molecular weight excluding hydrogens is 222 g/mol. The van der Waals surface area contributed by atoms with Gasteiger partial charge < -0.3 is 0 Å². The highest BCUT2D eigenvalue weighted by Gasteiger charge is 2.46. The number of hydrogen-bond donors (Lipinski definition) is 0. The van der Waals surface area contributed by atoms with Gasteiger partial charge in [0, 0.05) is 31.0 Å². The van der Waals surface area contributed by atoms with Crippen molar-refractivity contribution in [3.05, 3.63) is 48.6 Å². The van der Waals surface area contributed by atoms with E-state index in [4.69, 9.17) is 0 Å². The number of ketones is 1. The van der Waals surface area contributed by atoms with Crippen molar-refractivity contribution in [1.82, 2.24) is 4.90 Å². The number of fused-ring (bicyclic) bond motifs is 3. The minimum atomic E-state index is 0.192. The summed E-state index contributed by atoms with van der Waals surface area (Å²) in [7, 11) is 0. The standard InChI is InChI=1S/C16H19NO/c1-2-10-17-13-8-9-14(15(18)11-13)16(17)12-6-4-3-5-7-12/h2-7,13-14,16H,1,8-11H2/t13-,14-,16-/m1/s1. The summed E-state index contributed by atoms with van der Waals surface area (Å²) in [6, 6.07) is 11.1. The molecule has 2 heterocycles. The summed E-state index contributed by atoms with van der Waals surface area (Å²) in [4.78, 5) is 14.6. The van der Waals surface area contributed by atoms with Gasteiger partial charge in [-0.15, -0.1) is 6.58 Å². The molecule has 2 nitrogen and oxygen atoms in total. The second-order valence-corrected chi connectivity index (χ2v) is 5.35. The summed E-state index contributed by atoms with van der Waals surface area (Å²) in [6.45, 7) is 4.74. The maximum absolute atomic E-state index is 12.1. The smallest absolute Gasteiger partial charge is 0.139 e. The van der Waals surface area contributed by atoms with Crippen LogP contribution in [0.3, 0.4) is 0 Å². The molecule has 18 heavy (non-hydrogen) atoms. The Labute approximate surface area is 108 Å². The molecule has 2 heteroatoms. The van der Waals surface area contributed by atoms with Gasteiger partial charge in [0.05, 0.1) is 0 Å². The molecular formula is C16H19NO. The number of Topliss-reactive ketones (excluding diaryl/α,β-unsaturated/α-hetero) is 1. The van der Waals surface area contributed by atoms with E-state index in [0.29, 0.717) is 11.8 Å². The third kappa shape index (κ3) is 1.81. The SMILES string of the molecule is C=CCN1[C@@H]2CC[C@H](C(=O)C2)[C@H]1c1ccccc1. The molecule has 4 rings (SSSR count). The van der Waals surface area contributed by atoms with E-state index in [2.05, 4.69) is 35.7 Å². The van der Waals surface area contributed by atoms with Crippen LogP contribution in [0.5, 0.6) is 0 Å². The fourth-order valence-electron chi connectivity index (χ4n) is 3.58. The predicted octanol–water partition coefficient (Wildman–Crippen LogP) is 2.97. The van der Waals surface area contributed by atoms with Crippen LogP contribution >= 0.6 is 0 Å². The highest BCUT2D eigenvalue weighted by atomic mass is 16.1. The van der Waals surface area contributed by atoms with Crippen molar-refractivity contribution >= 4 is 5.78 Å². The van der Waals surface area contributed by atoms with Crippen LogP contribution in [-0.4, -0.2) is 23.3 Å². The molecule has 2 bridgehead atoms. The van der Waals surface area contributed by atoms with Gasteiger partial charge in [-0.3, -0.25) is 9.69 Å². The zero-order valence-corrected chi connectivity index (χ0v) is 10.6. The molecule has 94 valence electrons. The van der Waals surface area contributed by atoms with Crippen LogP contribution in [0.15, 0.2) is 43.0 Å². The summed E-state index contributed by atoms with van der Waals surface area (Å²) in [6.07, 6.45) is 4.91. The maximum atomic E-state index is 12.1. The number of benzene rings is 1. The minimum Gasteiger partial charge on any atom is -0.299 e. The number of rotatable bonds is 3. The average molecular weight is 241 g/mol. The van der Waals surface area contributed by atoms with Gasteiger partial charge in [-0.1, -0.05) is 36.4 Å². The first-order valence-electron chi connectivity index (χ1n) is 6.75. The number of carbonyl (C=O) groups is 1. The lowest BCUT2D eigenvalue weighted by molar-refractivity contribution is -0.137. The lowest BCUT2D eigenvalue weighted by Gasteiger charge is -2.50. The summed E-state index contributed by atoms with van der Waals surface area (Å²) in [5, 5.41) is 0. The van der Waals surface area contributed by atoms with Crippen molar-refractivity contribution in [2.45, 2.75) is 31.3 Å². The van der Waals surface area contributed by atoms with Crippen LogP contribution < -0.4 is 0 Å². The van der Waals surface area contributed by atoms with E-state index in [1.807, 2.05) is 12.1 Å². The van der Waals surface area contributed by atoms with Crippen molar-refractivity contribution < 1.29 is 4.79 Å². The second-order valence-electron chi connectivity index (χ2n) is 5.35. The Bertz CT molecular complexity index is 453. The van der Waals surface area contributed by atoms with Crippen LogP contribution in [0.2, 0.25) is 0 Å². The van der Waals surface area contributed by atoms with Gasteiger partial charge in [-0.2, -0.15) is 0 Å². The molecule has 0 radical (unpaired) electrons. The molecule has 0 aromatic heterocycles. The molecule has 1 aliphatic carbocycles. The van der Waals surface area contributed by atoms with Gasteiger partial charge >= 0.3 is 0 Å². The minimum absolute atomic E-state index is 0.192. The van der Waals surface area contributed by atoms with Gasteiger partial charge in [0.1, 0.15) is 5.78 Å². The first-order valence-corrected chi connectivity index (χ1v) is 6.75. The Morgan fingerprint density at radius 3 is 2.72 bits per heavy atom. The predicted molar refractivity (Wildman–Crippen MR) is 72.2 cm³/mol. The van der Waals surface area contributed by atoms with Crippen LogP contribution in [0, 0.1) is 5.92 Å². The number of piperidine rings is 2. The Kier molecular flexibility index (Phi) is 3.04. The average Bonchev–Trinajstić information content (AvgIpc) is 2.41. The van der Waals surface area contributed by atoms with Crippen LogP contribution in [0.1, 0.15) is 30.9 Å². The molecule has 3 atom stereocenters. The molecule has 3 fully saturated rings. The highest BCUT2D eigenvalue weighted by molar-refractivity contribution is 5.84. The summed E-state index contributed by atoms with van der Waals surface area (Å²) in [5.74, 6) is 0.651. The number of nitrogens with zero attached hydrogens (tertiary/aromatic N) is 1. The Balaban J connectivity index is 1.98. The van der Waals surface area contributed by atoms with E-state index < -0.39 is 0 Å². The van der Waals surface area contributed by atoms with Crippen LogP contribution in [0.25, 0.3) is 0 Å². The second kappa shape index (κ2) is 4.69. The van der Waals surface area contributed by atoms with E-state index in [1.165, 1.54) is 5.56 Å². The fourth-order valence-corrected chi connectivity index (χ4v) is 3.58. The summed E-state index contributed by atoms with van der Waals surface area (Å²) >= 11 is 0. The van der Waals surface area contributed by atoms with Crippen LogP contribution in [-0.2, 0) is 4.79 Å². The van der Waals surface area contributed by atoms with E-state index in [-0.39, 0.29) is 12.0 Å². The van der Waals surface area contributed by atoms with Crippen molar-refractivity contribution in [2.24, 2.45) is 5.92 Å². The molecule has 2 aliphatic heterocycles. The lowest BCUT2D eigenvalue weighted by atomic mass is 9.71. The first-order chi connectivity index (χ1) is 8.81. The number of carbonyl (C=O) groups excluding carboxylic acids is 1. The monoisotopic (exact) mass is 241 g/mol. The largest absolute Gasteiger partial charge is 0.299 e. The molecule has 3 aliphatic rings. The Morgan fingerprint density at radius 2 is 2.06 bits per heavy atom. The van der Waals surface area contributed by atoms with Crippen molar-refractivity contribution in [3.8, 4) is 0 Å². The fraction of sp³-hybridized carbons (Fsp3) is 0.438. The molecule has 1 aromatic rings. The third-order valence-corrected chi connectivity index (χ3v) is 4.35. The van der Waals surface area contributed by atoms with Gasteiger partial charge in [-0.25, -0.2) is 0 Å². The number of hydrogen-bond acceptors (Lipinski definition) is 2. The first kappa shape index (κ1) is 11.7. The normalized spacial score (nSPS) is 31.6. The van der Waals surface area contributed by atoms with Gasteiger partial charge in [0.2, 0.25) is 0 Å². The molecule has 1 aromatic carbocycles.